The molecule has 4 heteroatoms. The number of halogens is 2. The summed E-state index contributed by atoms with van der Waals surface area (Å²) in [6, 6.07) is 2.11. The van der Waals surface area contributed by atoms with Crippen LogP contribution in [0.5, 0.6) is 0 Å². The van der Waals surface area contributed by atoms with Gasteiger partial charge in [-0.1, -0.05) is 37.8 Å². The second-order valence-corrected chi connectivity index (χ2v) is 6.18. The van der Waals surface area contributed by atoms with E-state index in [1.165, 1.54) is 24.1 Å². The van der Waals surface area contributed by atoms with Crippen LogP contribution in [0.25, 0.3) is 0 Å². The third-order valence-electron chi connectivity index (χ3n) is 2.15. The van der Waals surface area contributed by atoms with E-state index in [2.05, 4.69) is 22.9 Å². The van der Waals surface area contributed by atoms with E-state index < -0.39 is 0 Å². The Morgan fingerprint density at radius 1 is 1.57 bits per heavy atom. The maximum Gasteiger partial charge on any atom is 0.0887 e. The Bertz CT molecular complexity index is 268. The van der Waals surface area contributed by atoms with E-state index in [1.807, 2.05) is 6.07 Å². The fourth-order valence-electron chi connectivity index (χ4n) is 1.30. The van der Waals surface area contributed by atoms with E-state index in [4.69, 9.17) is 17.3 Å². The predicted molar refractivity (Wildman–Crippen MR) is 68.1 cm³/mol. The van der Waals surface area contributed by atoms with Crippen molar-refractivity contribution in [3.05, 3.63) is 19.8 Å². The molecule has 1 atom stereocenters. The maximum absolute atomic E-state index is 6.05. The smallest absolute Gasteiger partial charge is 0.0887 e. The fraction of sp³-hybridized carbons (Fsp3) is 0.600. The molecule has 0 fully saturated rings. The molecule has 0 aliphatic carbocycles. The Hall–Kier alpha value is 0.430. The summed E-state index contributed by atoms with van der Waals surface area (Å²) >= 11 is 11.0. The van der Waals surface area contributed by atoms with Crippen LogP contribution < -0.4 is 5.73 Å². The lowest BCUT2D eigenvalue weighted by Gasteiger charge is -2.07. The lowest BCUT2D eigenvalue weighted by atomic mass is 10.1. The summed E-state index contributed by atoms with van der Waals surface area (Å²) < 4.78 is 0.986. The van der Waals surface area contributed by atoms with Crippen molar-refractivity contribution in [2.75, 3.05) is 0 Å². The van der Waals surface area contributed by atoms with Crippen LogP contribution >= 0.6 is 38.9 Å². The number of unbranched alkanes of at least 4 members (excludes halogenated alkanes) is 2. The summed E-state index contributed by atoms with van der Waals surface area (Å²) in [7, 11) is 0. The summed E-state index contributed by atoms with van der Waals surface area (Å²) in [6.45, 7) is 2.20. The minimum absolute atomic E-state index is 0.148. The van der Waals surface area contributed by atoms with Gasteiger partial charge in [-0.05, 0) is 28.4 Å². The van der Waals surface area contributed by atoms with Gasteiger partial charge in [0.05, 0.1) is 8.81 Å². The first-order valence-corrected chi connectivity index (χ1v) is 6.84. The van der Waals surface area contributed by atoms with Crippen molar-refractivity contribution in [2.24, 2.45) is 5.73 Å². The van der Waals surface area contributed by atoms with Crippen molar-refractivity contribution >= 4 is 38.9 Å². The molecule has 1 rings (SSSR count). The van der Waals surface area contributed by atoms with E-state index in [9.17, 15) is 0 Å². The van der Waals surface area contributed by atoms with Gasteiger partial charge < -0.3 is 5.73 Å². The molecule has 1 unspecified atom stereocenters. The first-order valence-electron chi connectivity index (χ1n) is 4.85. The standard InChI is InChI=1S/C10H15BrClNS/c1-2-3-4-5-8(13)9-6-7(12)10(11)14-9/h6,8H,2-5,13H2,1H3. The molecular formula is C10H15BrClNS. The van der Waals surface area contributed by atoms with Crippen LogP contribution in [0.15, 0.2) is 9.85 Å². The van der Waals surface area contributed by atoms with Gasteiger partial charge in [0.1, 0.15) is 0 Å². The predicted octanol–water partition coefficient (Wildman–Crippen LogP) is 4.74. The lowest BCUT2D eigenvalue weighted by Crippen LogP contribution is -2.07. The fourth-order valence-corrected chi connectivity index (χ4v) is 3.09. The number of hydrogen-bond donors (Lipinski definition) is 1. The summed E-state index contributed by atoms with van der Waals surface area (Å²) in [5.41, 5.74) is 6.05. The molecule has 0 radical (unpaired) electrons. The molecule has 1 aromatic heterocycles. The monoisotopic (exact) mass is 295 g/mol. The molecule has 0 amide bonds. The average molecular weight is 297 g/mol. The molecule has 0 saturated carbocycles. The zero-order valence-electron chi connectivity index (χ0n) is 8.22. The van der Waals surface area contributed by atoms with Gasteiger partial charge in [-0.15, -0.1) is 11.3 Å². The molecule has 1 aromatic rings. The van der Waals surface area contributed by atoms with Crippen molar-refractivity contribution in [1.82, 2.24) is 0 Å². The molecule has 0 saturated heterocycles. The molecule has 1 heterocycles. The molecule has 0 spiro atoms. The van der Waals surface area contributed by atoms with Gasteiger partial charge in [0.15, 0.2) is 0 Å². The number of thiophene rings is 1. The topological polar surface area (TPSA) is 26.0 Å². The van der Waals surface area contributed by atoms with Gasteiger partial charge >= 0.3 is 0 Å². The highest BCUT2D eigenvalue weighted by atomic mass is 79.9. The van der Waals surface area contributed by atoms with Crippen molar-refractivity contribution < 1.29 is 0 Å². The number of nitrogens with two attached hydrogens (primary N) is 1. The van der Waals surface area contributed by atoms with E-state index in [0.717, 1.165) is 15.2 Å². The van der Waals surface area contributed by atoms with Crippen LogP contribution in [-0.4, -0.2) is 0 Å². The van der Waals surface area contributed by atoms with Gasteiger partial charge in [0.2, 0.25) is 0 Å². The minimum atomic E-state index is 0.148. The van der Waals surface area contributed by atoms with Gasteiger partial charge in [0, 0.05) is 10.9 Å². The molecule has 0 aliphatic heterocycles. The Kier molecular flexibility index (Phi) is 5.45. The first kappa shape index (κ1) is 12.5. The highest BCUT2D eigenvalue weighted by Gasteiger charge is 2.11. The third kappa shape index (κ3) is 3.54. The summed E-state index contributed by atoms with van der Waals surface area (Å²) in [5.74, 6) is 0. The van der Waals surface area contributed by atoms with Crippen LogP contribution in [0.1, 0.15) is 43.5 Å². The Morgan fingerprint density at radius 3 is 2.79 bits per heavy atom. The van der Waals surface area contributed by atoms with Crippen molar-refractivity contribution in [3.8, 4) is 0 Å². The normalized spacial score (nSPS) is 13.1. The molecule has 1 nitrogen and oxygen atoms in total. The van der Waals surface area contributed by atoms with E-state index in [0.29, 0.717) is 0 Å². The summed E-state index contributed by atoms with van der Waals surface area (Å²) in [6.07, 6.45) is 4.75. The highest BCUT2D eigenvalue weighted by Crippen LogP contribution is 2.35. The van der Waals surface area contributed by atoms with Crippen molar-refractivity contribution in [2.45, 2.75) is 38.6 Å². The van der Waals surface area contributed by atoms with E-state index in [-0.39, 0.29) is 6.04 Å². The first-order chi connectivity index (χ1) is 6.65. The minimum Gasteiger partial charge on any atom is -0.323 e. The summed E-state index contributed by atoms with van der Waals surface area (Å²) in [5, 5.41) is 0.774. The largest absolute Gasteiger partial charge is 0.323 e. The van der Waals surface area contributed by atoms with Crippen molar-refractivity contribution in [1.29, 1.82) is 0 Å². The van der Waals surface area contributed by atoms with Crippen LogP contribution in [0, 0.1) is 0 Å². The number of rotatable bonds is 5. The second kappa shape index (κ2) is 6.11. The Labute approximate surface area is 103 Å². The SMILES string of the molecule is CCCCCC(N)c1cc(Cl)c(Br)s1. The van der Waals surface area contributed by atoms with Crippen LogP contribution in [0.3, 0.4) is 0 Å². The lowest BCUT2D eigenvalue weighted by molar-refractivity contribution is 0.587. The molecular weight excluding hydrogens is 282 g/mol. The zero-order chi connectivity index (χ0) is 10.6. The molecule has 0 aliphatic rings. The number of hydrogen-bond acceptors (Lipinski definition) is 2. The Morgan fingerprint density at radius 2 is 2.29 bits per heavy atom. The second-order valence-electron chi connectivity index (χ2n) is 3.37. The Balaban J connectivity index is 2.47. The third-order valence-corrected chi connectivity index (χ3v) is 4.75. The maximum atomic E-state index is 6.05. The molecule has 80 valence electrons. The quantitative estimate of drug-likeness (QED) is 0.780. The molecule has 2 N–H and O–H groups in total. The van der Waals surface area contributed by atoms with Crippen LogP contribution in [0.4, 0.5) is 0 Å². The van der Waals surface area contributed by atoms with Crippen molar-refractivity contribution in [3.63, 3.8) is 0 Å². The molecule has 0 aromatic carbocycles. The van der Waals surface area contributed by atoms with Gasteiger partial charge in [-0.3, -0.25) is 0 Å². The van der Waals surface area contributed by atoms with Gasteiger partial charge in [-0.2, -0.15) is 0 Å². The highest BCUT2D eigenvalue weighted by molar-refractivity contribution is 9.11. The molecule has 0 bridgehead atoms. The van der Waals surface area contributed by atoms with E-state index >= 15 is 0 Å². The van der Waals surface area contributed by atoms with Crippen LogP contribution in [-0.2, 0) is 0 Å². The van der Waals surface area contributed by atoms with Gasteiger partial charge in [0.25, 0.3) is 0 Å². The molecule has 14 heavy (non-hydrogen) atoms. The van der Waals surface area contributed by atoms with E-state index in [1.54, 1.807) is 11.3 Å². The van der Waals surface area contributed by atoms with Gasteiger partial charge in [-0.25, -0.2) is 0 Å². The summed E-state index contributed by atoms with van der Waals surface area (Å²) in [4.78, 5) is 1.18. The van der Waals surface area contributed by atoms with Crippen LogP contribution in [0.2, 0.25) is 5.02 Å². The zero-order valence-corrected chi connectivity index (χ0v) is 11.4. The average Bonchev–Trinajstić information content (AvgIpc) is 2.47.